The molecule has 1 aliphatic rings. The highest BCUT2D eigenvalue weighted by Gasteiger charge is 2.11. The van der Waals surface area contributed by atoms with Gasteiger partial charge in [0.1, 0.15) is 0 Å². The molecule has 0 fully saturated rings. The molecule has 152 valence electrons. The second kappa shape index (κ2) is 9.32. The predicted octanol–water partition coefficient (Wildman–Crippen LogP) is 8.33. The molecule has 0 spiro atoms. The molecule has 4 aromatic rings. The summed E-state index contributed by atoms with van der Waals surface area (Å²) in [6, 6.07) is 42.5. The average Bonchev–Trinajstić information content (AvgIpc) is 2.86. The van der Waals surface area contributed by atoms with Crippen molar-refractivity contribution < 1.29 is 0 Å². The van der Waals surface area contributed by atoms with Crippen LogP contribution in [-0.4, -0.2) is 0 Å². The molecular formula is C32H24. The average molecular weight is 409 g/mol. The molecule has 0 atom stereocenters. The summed E-state index contributed by atoms with van der Waals surface area (Å²) in [5, 5.41) is 0. The van der Waals surface area contributed by atoms with Crippen molar-refractivity contribution in [2.24, 2.45) is 0 Å². The number of benzene rings is 4. The van der Waals surface area contributed by atoms with Crippen molar-refractivity contribution in [2.45, 2.75) is 0 Å². The standard InChI is InChI=1S/C32H24/c1-5-13-25(14-6-1)29-21-30(26-15-7-2-8-16-26)23-32(28-19-11-4-12-20-28)24-31(22-29)27-17-9-3-10-18-27/h1-24H. The molecule has 0 amide bonds. The summed E-state index contributed by atoms with van der Waals surface area (Å²) in [5.74, 6) is 0. The molecule has 0 aliphatic heterocycles. The maximum absolute atomic E-state index is 2.31. The van der Waals surface area contributed by atoms with Gasteiger partial charge in [-0.05, 0) is 68.9 Å². The second-order valence-electron chi connectivity index (χ2n) is 7.86. The molecule has 0 N–H and O–H groups in total. The van der Waals surface area contributed by atoms with E-state index in [2.05, 4.69) is 146 Å². The van der Waals surface area contributed by atoms with Crippen molar-refractivity contribution in [3.05, 3.63) is 168 Å². The lowest BCUT2D eigenvalue weighted by Crippen LogP contribution is -1.93. The summed E-state index contributed by atoms with van der Waals surface area (Å²) in [6.07, 6.45) is 9.24. The summed E-state index contributed by atoms with van der Waals surface area (Å²) < 4.78 is 0. The molecule has 1 aliphatic carbocycles. The van der Waals surface area contributed by atoms with Crippen molar-refractivity contribution in [1.82, 2.24) is 0 Å². The van der Waals surface area contributed by atoms with Crippen molar-refractivity contribution in [3.63, 3.8) is 0 Å². The Morgan fingerprint density at radius 3 is 0.594 bits per heavy atom. The smallest absolute Gasteiger partial charge is 0.0172 e. The van der Waals surface area contributed by atoms with Crippen LogP contribution < -0.4 is 0 Å². The van der Waals surface area contributed by atoms with Gasteiger partial charge < -0.3 is 0 Å². The van der Waals surface area contributed by atoms with Crippen LogP contribution in [0.4, 0.5) is 0 Å². The van der Waals surface area contributed by atoms with Gasteiger partial charge in [-0.3, -0.25) is 0 Å². The van der Waals surface area contributed by atoms with Crippen LogP contribution in [0.5, 0.6) is 0 Å². The molecule has 0 saturated carbocycles. The third-order valence-electron chi connectivity index (χ3n) is 5.67. The number of rotatable bonds is 4. The Kier molecular flexibility index (Phi) is 5.76. The molecule has 0 heterocycles. The molecule has 0 nitrogen and oxygen atoms in total. The highest BCUT2D eigenvalue weighted by molar-refractivity contribution is 6.01. The maximum atomic E-state index is 2.31. The quantitative estimate of drug-likeness (QED) is 0.318. The SMILES string of the molecule is C1=C(c2ccccc2)C=C(c2ccccc2)C=C(c2ccccc2)C=C1c1ccccc1. The van der Waals surface area contributed by atoms with Crippen molar-refractivity contribution in [3.8, 4) is 0 Å². The van der Waals surface area contributed by atoms with E-state index < -0.39 is 0 Å². The van der Waals surface area contributed by atoms with Crippen molar-refractivity contribution in [1.29, 1.82) is 0 Å². The van der Waals surface area contributed by atoms with Gasteiger partial charge in [0.05, 0.1) is 0 Å². The molecule has 0 unspecified atom stereocenters. The molecule has 0 bridgehead atoms. The Morgan fingerprint density at radius 1 is 0.219 bits per heavy atom. The summed E-state index contributed by atoms with van der Waals surface area (Å²) in [4.78, 5) is 0. The Balaban J connectivity index is 1.75. The predicted molar refractivity (Wildman–Crippen MR) is 138 cm³/mol. The first kappa shape index (κ1) is 19.8. The van der Waals surface area contributed by atoms with Gasteiger partial charge in [0.25, 0.3) is 0 Å². The molecule has 5 rings (SSSR count). The summed E-state index contributed by atoms with van der Waals surface area (Å²) in [5.41, 5.74) is 9.62. The zero-order valence-corrected chi connectivity index (χ0v) is 17.9. The molecule has 32 heavy (non-hydrogen) atoms. The van der Waals surface area contributed by atoms with Crippen LogP contribution in [0.2, 0.25) is 0 Å². The molecule has 0 heteroatoms. The van der Waals surface area contributed by atoms with Gasteiger partial charge in [-0.1, -0.05) is 121 Å². The minimum atomic E-state index is 1.20. The lowest BCUT2D eigenvalue weighted by Gasteiger charge is -2.15. The van der Waals surface area contributed by atoms with E-state index in [-0.39, 0.29) is 0 Å². The van der Waals surface area contributed by atoms with Gasteiger partial charge in [-0.15, -0.1) is 0 Å². The molecule has 0 aromatic heterocycles. The fourth-order valence-corrected chi connectivity index (χ4v) is 4.03. The van der Waals surface area contributed by atoms with Crippen LogP contribution in [0, 0.1) is 0 Å². The largest absolute Gasteiger partial charge is 0.0622 e. The molecule has 4 aromatic carbocycles. The Hall–Kier alpha value is -4.16. The summed E-state index contributed by atoms with van der Waals surface area (Å²) in [6.45, 7) is 0. The number of allylic oxidation sites excluding steroid dienone is 8. The highest BCUT2D eigenvalue weighted by atomic mass is 14.2. The number of hydrogen-bond acceptors (Lipinski definition) is 0. The molecule has 0 saturated heterocycles. The molecule has 0 radical (unpaired) electrons. The minimum absolute atomic E-state index is 1.20. The second-order valence-corrected chi connectivity index (χ2v) is 7.86. The maximum Gasteiger partial charge on any atom is -0.0172 e. The third-order valence-corrected chi connectivity index (χ3v) is 5.67. The normalized spacial score (nSPS) is 13.8. The van der Waals surface area contributed by atoms with Crippen LogP contribution in [0.1, 0.15) is 22.3 Å². The molecular weight excluding hydrogens is 384 g/mol. The van der Waals surface area contributed by atoms with Gasteiger partial charge in [0.2, 0.25) is 0 Å². The first-order valence-electron chi connectivity index (χ1n) is 11.0. The first-order chi connectivity index (χ1) is 15.9. The lowest BCUT2D eigenvalue weighted by atomic mass is 9.89. The third kappa shape index (κ3) is 4.45. The van der Waals surface area contributed by atoms with Gasteiger partial charge in [-0.25, -0.2) is 0 Å². The zero-order valence-electron chi connectivity index (χ0n) is 17.9. The Labute approximate surface area is 190 Å². The van der Waals surface area contributed by atoms with Crippen LogP contribution in [0.3, 0.4) is 0 Å². The Bertz CT molecular complexity index is 1080. The van der Waals surface area contributed by atoms with Crippen molar-refractivity contribution >= 4 is 22.3 Å². The van der Waals surface area contributed by atoms with E-state index in [1.807, 2.05) is 0 Å². The van der Waals surface area contributed by atoms with Crippen molar-refractivity contribution in [2.75, 3.05) is 0 Å². The van der Waals surface area contributed by atoms with Gasteiger partial charge in [0.15, 0.2) is 0 Å². The zero-order chi connectivity index (χ0) is 21.6. The van der Waals surface area contributed by atoms with E-state index in [0.29, 0.717) is 0 Å². The van der Waals surface area contributed by atoms with Crippen LogP contribution in [0.15, 0.2) is 146 Å². The van der Waals surface area contributed by atoms with E-state index >= 15 is 0 Å². The first-order valence-corrected chi connectivity index (χ1v) is 11.0. The van der Waals surface area contributed by atoms with Crippen LogP contribution in [-0.2, 0) is 0 Å². The minimum Gasteiger partial charge on any atom is -0.0622 e. The topological polar surface area (TPSA) is 0 Å². The fourth-order valence-electron chi connectivity index (χ4n) is 4.03. The highest BCUT2D eigenvalue weighted by Crippen LogP contribution is 2.34. The van der Waals surface area contributed by atoms with E-state index in [4.69, 9.17) is 0 Å². The van der Waals surface area contributed by atoms with E-state index in [1.54, 1.807) is 0 Å². The van der Waals surface area contributed by atoms with E-state index in [1.165, 1.54) is 44.5 Å². The van der Waals surface area contributed by atoms with Crippen LogP contribution >= 0.6 is 0 Å². The summed E-state index contributed by atoms with van der Waals surface area (Å²) in [7, 11) is 0. The van der Waals surface area contributed by atoms with Gasteiger partial charge in [-0.2, -0.15) is 0 Å². The van der Waals surface area contributed by atoms with Crippen LogP contribution in [0.25, 0.3) is 22.3 Å². The van der Waals surface area contributed by atoms with Gasteiger partial charge in [0, 0.05) is 0 Å². The fraction of sp³-hybridized carbons (Fsp3) is 0. The summed E-state index contributed by atoms with van der Waals surface area (Å²) >= 11 is 0. The Morgan fingerprint density at radius 2 is 0.406 bits per heavy atom. The number of hydrogen-bond donors (Lipinski definition) is 0. The van der Waals surface area contributed by atoms with E-state index in [0.717, 1.165) is 0 Å². The monoisotopic (exact) mass is 408 g/mol. The van der Waals surface area contributed by atoms with Gasteiger partial charge >= 0.3 is 0 Å². The van der Waals surface area contributed by atoms with E-state index in [9.17, 15) is 0 Å². The lowest BCUT2D eigenvalue weighted by molar-refractivity contribution is 1.56.